The zero-order valence-electron chi connectivity index (χ0n) is 14.3. The summed E-state index contributed by atoms with van der Waals surface area (Å²) in [5.74, 6) is -0.202. The second kappa shape index (κ2) is 7.15. The molecule has 1 unspecified atom stereocenters. The van der Waals surface area contributed by atoms with Gasteiger partial charge in [0.2, 0.25) is 15.9 Å². The van der Waals surface area contributed by atoms with Crippen LogP contribution in [0, 0.1) is 13.8 Å². The Hall–Kier alpha value is -2.18. The summed E-state index contributed by atoms with van der Waals surface area (Å²) < 4.78 is 27.8. The molecule has 0 aromatic heterocycles. The number of sulfonamides is 1. The molecule has 6 heteroatoms. The van der Waals surface area contributed by atoms with Crippen LogP contribution in [0.3, 0.4) is 0 Å². The van der Waals surface area contributed by atoms with Crippen molar-refractivity contribution in [2.45, 2.75) is 38.6 Å². The van der Waals surface area contributed by atoms with Crippen molar-refractivity contribution >= 4 is 21.6 Å². The van der Waals surface area contributed by atoms with E-state index >= 15 is 0 Å². The molecule has 2 rings (SSSR count). The number of rotatable bonds is 5. The molecule has 0 saturated heterocycles. The Morgan fingerprint density at radius 3 is 2.21 bits per heavy atom. The van der Waals surface area contributed by atoms with Crippen LogP contribution in [0.5, 0.6) is 0 Å². The van der Waals surface area contributed by atoms with E-state index in [0.29, 0.717) is 5.69 Å². The third-order valence-corrected chi connectivity index (χ3v) is 5.27. The van der Waals surface area contributed by atoms with Crippen LogP contribution in [-0.2, 0) is 14.8 Å². The molecular formula is C18H22N2O3S. The first-order valence-corrected chi connectivity index (χ1v) is 9.14. The van der Waals surface area contributed by atoms with Crippen LogP contribution in [0.25, 0.3) is 0 Å². The Morgan fingerprint density at radius 1 is 1.04 bits per heavy atom. The average Bonchev–Trinajstić information content (AvgIpc) is 2.46. The van der Waals surface area contributed by atoms with Crippen molar-refractivity contribution in [3.05, 3.63) is 59.2 Å². The molecule has 0 aliphatic heterocycles. The quantitative estimate of drug-likeness (QED) is 0.872. The van der Waals surface area contributed by atoms with Crippen molar-refractivity contribution in [2.24, 2.45) is 0 Å². The van der Waals surface area contributed by atoms with Gasteiger partial charge in [-0.1, -0.05) is 23.8 Å². The molecule has 2 aromatic rings. The fourth-order valence-corrected chi connectivity index (χ4v) is 3.82. The van der Waals surface area contributed by atoms with Crippen LogP contribution >= 0.6 is 0 Å². The highest BCUT2D eigenvalue weighted by Gasteiger charge is 2.19. The number of benzene rings is 2. The minimum Gasteiger partial charge on any atom is -0.326 e. The maximum absolute atomic E-state index is 12.5. The zero-order chi connectivity index (χ0) is 17.9. The molecule has 24 heavy (non-hydrogen) atoms. The van der Waals surface area contributed by atoms with Crippen molar-refractivity contribution in [3.8, 4) is 0 Å². The van der Waals surface area contributed by atoms with Crippen LogP contribution in [0.2, 0.25) is 0 Å². The molecule has 2 N–H and O–H groups in total. The second-order valence-corrected chi connectivity index (χ2v) is 7.62. The molecule has 0 fully saturated rings. The molecule has 5 nitrogen and oxygen atoms in total. The van der Waals surface area contributed by atoms with E-state index in [0.717, 1.165) is 16.7 Å². The van der Waals surface area contributed by atoms with E-state index in [1.807, 2.05) is 39.0 Å². The summed E-state index contributed by atoms with van der Waals surface area (Å²) in [5, 5.41) is 2.61. The molecule has 0 spiro atoms. The molecule has 1 amide bonds. The van der Waals surface area contributed by atoms with E-state index in [1.165, 1.54) is 19.1 Å². The number of nitrogens with one attached hydrogen (secondary N) is 2. The van der Waals surface area contributed by atoms with Gasteiger partial charge in [-0.15, -0.1) is 0 Å². The van der Waals surface area contributed by atoms with Gasteiger partial charge in [0.15, 0.2) is 0 Å². The Labute approximate surface area is 143 Å². The van der Waals surface area contributed by atoms with Crippen molar-refractivity contribution in [1.82, 2.24) is 4.72 Å². The summed E-state index contributed by atoms with van der Waals surface area (Å²) in [7, 11) is -3.64. The molecular weight excluding hydrogens is 324 g/mol. The first kappa shape index (κ1) is 18.2. The summed E-state index contributed by atoms with van der Waals surface area (Å²) >= 11 is 0. The van der Waals surface area contributed by atoms with E-state index in [9.17, 15) is 13.2 Å². The molecule has 1 atom stereocenters. The first-order valence-electron chi connectivity index (χ1n) is 7.66. The number of hydrogen-bond donors (Lipinski definition) is 2. The SMILES string of the molecule is CC(=O)Nc1ccc(S(=O)(=O)NC(C)c2ccc(C)cc2C)cc1. The number of anilines is 1. The monoisotopic (exact) mass is 346 g/mol. The number of aryl methyl sites for hydroxylation is 2. The van der Waals surface area contributed by atoms with E-state index in [1.54, 1.807) is 12.1 Å². The maximum atomic E-state index is 12.5. The van der Waals surface area contributed by atoms with Crippen molar-refractivity contribution in [2.75, 3.05) is 5.32 Å². The molecule has 0 bridgehead atoms. The van der Waals surface area contributed by atoms with Gasteiger partial charge in [0, 0.05) is 18.7 Å². The van der Waals surface area contributed by atoms with Gasteiger partial charge in [-0.25, -0.2) is 13.1 Å². The number of amides is 1. The molecule has 2 aromatic carbocycles. The Kier molecular flexibility index (Phi) is 5.41. The fourth-order valence-electron chi connectivity index (χ4n) is 2.60. The molecule has 0 aliphatic carbocycles. The third-order valence-electron chi connectivity index (χ3n) is 3.71. The molecule has 128 valence electrons. The standard InChI is InChI=1S/C18H22N2O3S/c1-12-5-10-18(13(2)11-12)14(3)20-24(22,23)17-8-6-16(7-9-17)19-15(4)21/h5-11,14,20H,1-4H3,(H,19,21). The summed E-state index contributed by atoms with van der Waals surface area (Å²) in [5.41, 5.74) is 3.69. The Bertz CT molecular complexity index is 843. The lowest BCUT2D eigenvalue weighted by Gasteiger charge is -2.17. The summed E-state index contributed by atoms with van der Waals surface area (Å²) in [6.07, 6.45) is 0. The maximum Gasteiger partial charge on any atom is 0.241 e. The highest BCUT2D eigenvalue weighted by atomic mass is 32.2. The highest BCUT2D eigenvalue weighted by molar-refractivity contribution is 7.89. The Balaban J connectivity index is 2.19. The number of carbonyl (C=O) groups is 1. The molecule has 0 radical (unpaired) electrons. The van der Waals surface area contributed by atoms with Gasteiger partial charge in [-0.3, -0.25) is 4.79 Å². The van der Waals surface area contributed by atoms with E-state index in [2.05, 4.69) is 10.0 Å². The predicted molar refractivity (Wildman–Crippen MR) is 95.4 cm³/mol. The Morgan fingerprint density at radius 2 is 1.67 bits per heavy atom. The van der Waals surface area contributed by atoms with Crippen LogP contribution < -0.4 is 10.0 Å². The van der Waals surface area contributed by atoms with Gasteiger partial charge < -0.3 is 5.32 Å². The van der Waals surface area contributed by atoms with E-state index in [4.69, 9.17) is 0 Å². The van der Waals surface area contributed by atoms with Crippen molar-refractivity contribution in [1.29, 1.82) is 0 Å². The highest BCUT2D eigenvalue weighted by Crippen LogP contribution is 2.22. The summed E-state index contributed by atoms with van der Waals surface area (Å²) in [6, 6.07) is 11.7. The minimum absolute atomic E-state index is 0.160. The lowest BCUT2D eigenvalue weighted by Crippen LogP contribution is -2.27. The van der Waals surface area contributed by atoms with Crippen molar-refractivity contribution < 1.29 is 13.2 Å². The van der Waals surface area contributed by atoms with E-state index in [-0.39, 0.29) is 16.8 Å². The largest absolute Gasteiger partial charge is 0.326 e. The van der Waals surface area contributed by atoms with Gasteiger partial charge in [0.05, 0.1) is 4.90 Å². The van der Waals surface area contributed by atoms with E-state index < -0.39 is 10.0 Å². The van der Waals surface area contributed by atoms with Gasteiger partial charge in [0.25, 0.3) is 0 Å². The number of hydrogen-bond acceptors (Lipinski definition) is 3. The molecule has 0 aliphatic rings. The minimum atomic E-state index is -3.64. The summed E-state index contributed by atoms with van der Waals surface area (Å²) in [6.45, 7) is 7.19. The summed E-state index contributed by atoms with van der Waals surface area (Å²) in [4.78, 5) is 11.2. The van der Waals surface area contributed by atoms with Gasteiger partial charge in [0.1, 0.15) is 0 Å². The van der Waals surface area contributed by atoms with Crippen LogP contribution in [0.15, 0.2) is 47.4 Å². The van der Waals surface area contributed by atoms with Crippen LogP contribution in [0.4, 0.5) is 5.69 Å². The fraction of sp³-hybridized carbons (Fsp3) is 0.278. The lowest BCUT2D eigenvalue weighted by molar-refractivity contribution is -0.114. The van der Waals surface area contributed by atoms with Crippen LogP contribution in [-0.4, -0.2) is 14.3 Å². The van der Waals surface area contributed by atoms with Gasteiger partial charge >= 0.3 is 0 Å². The lowest BCUT2D eigenvalue weighted by atomic mass is 10.0. The smallest absolute Gasteiger partial charge is 0.241 e. The van der Waals surface area contributed by atoms with Gasteiger partial charge in [-0.05, 0) is 56.2 Å². The first-order chi connectivity index (χ1) is 11.2. The zero-order valence-corrected chi connectivity index (χ0v) is 15.1. The predicted octanol–water partition coefficient (Wildman–Crippen LogP) is 3.30. The van der Waals surface area contributed by atoms with Crippen molar-refractivity contribution in [3.63, 3.8) is 0 Å². The topological polar surface area (TPSA) is 75.3 Å². The molecule has 0 heterocycles. The number of carbonyl (C=O) groups excluding carboxylic acids is 1. The average molecular weight is 346 g/mol. The van der Waals surface area contributed by atoms with Crippen LogP contribution in [0.1, 0.15) is 36.6 Å². The second-order valence-electron chi connectivity index (χ2n) is 5.91. The molecule has 0 saturated carbocycles. The third kappa shape index (κ3) is 4.43. The van der Waals surface area contributed by atoms with Gasteiger partial charge in [-0.2, -0.15) is 0 Å². The normalized spacial score (nSPS) is 12.7.